The van der Waals surface area contributed by atoms with E-state index in [1.54, 1.807) is 4.90 Å². The van der Waals surface area contributed by atoms with Crippen LogP contribution < -0.4 is 0 Å². The molecule has 2 fully saturated rings. The lowest BCUT2D eigenvalue weighted by atomic mass is 10.2. The molecule has 0 N–H and O–H groups in total. The van der Waals surface area contributed by atoms with Gasteiger partial charge in [0, 0.05) is 13.0 Å². The summed E-state index contributed by atoms with van der Waals surface area (Å²) in [5.74, 6) is 0. The summed E-state index contributed by atoms with van der Waals surface area (Å²) in [6.45, 7) is 1.22. The standard InChI is InChI=1S/C6H7NO2/c8-6-7-3-1-2-5(7)4-9-6/h5H,2-4H2. The summed E-state index contributed by atoms with van der Waals surface area (Å²) < 4.78 is 4.77. The van der Waals surface area contributed by atoms with Gasteiger partial charge < -0.3 is 9.64 Å². The predicted octanol–water partition coefficient (Wildman–Crippen LogP) is 0.292. The van der Waals surface area contributed by atoms with Crippen molar-refractivity contribution in [2.75, 3.05) is 13.2 Å². The second-order valence-electron chi connectivity index (χ2n) is 2.31. The topological polar surface area (TPSA) is 29.5 Å². The number of amides is 1. The lowest BCUT2D eigenvalue weighted by Gasteiger charge is -2.08. The van der Waals surface area contributed by atoms with Gasteiger partial charge in [0.1, 0.15) is 6.61 Å². The van der Waals surface area contributed by atoms with E-state index >= 15 is 0 Å². The van der Waals surface area contributed by atoms with E-state index in [1.807, 2.05) is 0 Å². The normalized spacial score (nSPS) is 32.7. The third-order valence-electron chi connectivity index (χ3n) is 1.74. The van der Waals surface area contributed by atoms with E-state index in [1.165, 1.54) is 0 Å². The highest BCUT2D eigenvalue weighted by Gasteiger charge is 2.36. The molecule has 1 unspecified atom stereocenters. The molecule has 0 aromatic rings. The molecule has 2 radical (unpaired) electrons. The number of fused-ring (bicyclic) bond motifs is 1. The minimum Gasteiger partial charge on any atom is -0.447 e. The molecule has 9 heavy (non-hydrogen) atoms. The summed E-state index contributed by atoms with van der Waals surface area (Å²) in [6.07, 6.45) is 3.78. The van der Waals surface area contributed by atoms with Crippen LogP contribution in [0.3, 0.4) is 0 Å². The van der Waals surface area contributed by atoms with Gasteiger partial charge in [0.15, 0.2) is 0 Å². The van der Waals surface area contributed by atoms with Gasteiger partial charge in [-0.25, -0.2) is 4.79 Å². The quantitative estimate of drug-likeness (QED) is 0.465. The average molecular weight is 125 g/mol. The molecule has 48 valence electrons. The Hall–Kier alpha value is -0.730. The molecule has 2 aliphatic heterocycles. The lowest BCUT2D eigenvalue weighted by molar-refractivity contribution is 0.160. The summed E-state index contributed by atoms with van der Waals surface area (Å²) in [5.41, 5.74) is 0. The fourth-order valence-electron chi connectivity index (χ4n) is 1.20. The van der Waals surface area contributed by atoms with E-state index < -0.39 is 0 Å². The minimum absolute atomic E-state index is 0.176. The number of carbonyl (C=O) groups excluding carboxylic acids is 1. The number of cyclic esters (lactones) is 1. The largest absolute Gasteiger partial charge is 0.447 e. The summed E-state index contributed by atoms with van der Waals surface area (Å²) in [5, 5.41) is 0. The maximum absolute atomic E-state index is 10.7. The average Bonchev–Trinajstić information content (AvgIpc) is 2.35. The van der Waals surface area contributed by atoms with Crippen LogP contribution >= 0.6 is 0 Å². The van der Waals surface area contributed by atoms with Gasteiger partial charge in [-0.2, -0.15) is 0 Å². The molecule has 0 saturated carbocycles. The molecule has 3 heteroatoms. The van der Waals surface area contributed by atoms with Crippen LogP contribution in [0.25, 0.3) is 0 Å². The van der Waals surface area contributed by atoms with Gasteiger partial charge in [0.05, 0.1) is 6.04 Å². The fraction of sp³-hybridized carbons (Fsp3) is 0.667. The molecular weight excluding hydrogens is 118 g/mol. The zero-order chi connectivity index (χ0) is 6.27. The molecule has 0 spiro atoms. The lowest BCUT2D eigenvalue weighted by Crippen LogP contribution is -2.26. The van der Waals surface area contributed by atoms with Gasteiger partial charge in [0.25, 0.3) is 0 Å². The summed E-state index contributed by atoms with van der Waals surface area (Å²) >= 11 is 0. The Morgan fingerprint density at radius 1 is 1.78 bits per heavy atom. The van der Waals surface area contributed by atoms with Gasteiger partial charge in [-0.05, 0) is 6.42 Å². The Bertz CT molecular complexity index is 146. The van der Waals surface area contributed by atoms with Crippen LogP contribution in [0.4, 0.5) is 4.79 Å². The number of hydrogen-bond donors (Lipinski definition) is 0. The molecule has 1 atom stereocenters. The van der Waals surface area contributed by atoms with Crippen LogP contribution in [0, 0.1) is 6.42 Å². The number of nitrogens with zero attached hydrogens (tertiary/aromatic N) is 1. The Kier molecular flexibility index (Phi) is 0.917. The maximum Gasteiger partial charge on any atom is 0.410 e. The third-order valence-corrected chi connectivity index (χ3v) is 1.74. The first kappa shape index (κ1) is 5.09. The van der Waals surface area contributed by atoms with E-state index in [-0.39, 0.29) is 6.09 Å². The van der Waals surface area contributed by atoms with Gasteiger partial charge in [-0.1, -0.05) is 0 Å². The van der Waals surface area contributed by atoms with Gasteiger partial charge in [-0.3, -0.25) is 0 Å². The van der Waals surface area contributed by atoms with Crippen LogP contribution in [-0.2, 0) is 4.74 Å². The monoisotopic (exact) mass is 125 g/mol. The zero-order valence-electron chi connectivity index (χ0n) is 4.96. The van der Waals surface area contributed by atoms with Crippen LogP contribution in [0.5, 0.6) is 0 Å². The Morgan fingerprint density at radius 3 is 3.44 bits per heavy atom. The van der Waals surface area contributed by atoms with Crippen LogP contribution in [0.1, 0.15) is 6.42 Å². The SMILES string of the molecule is O=C1OCC2C[C]CN12. The van der Waals surface area contributed by atoms with Crippen molar-refractivity contribution in [2.24, 2.45) is 0 Å². The van der Waals surface area contributed by atoms with Crippen LogP contribution in [0.15, 0.2) is 0 Å². The summed E-state index contributed by atoms with van der Waals surface area (Å²) in [4.78, 5) is 12.4. The third kappa shape index (κ3) is 0.605. The maximum atomic E-state index is 10.7. The predicted molar refractivity (Wildman–Crippen MR) is 29.7 cm³/mol. The van der Waals surface area contributed by atoms with Crippen molar-refractivity contribution in [3.8, 4) is 0 Å². The number of carbonyl (C=O) groups is 1. The Labute approximate surface area is 53.6 Å². The van der Waals surface area contributed by atoms with Crippen molar-refractivity contribution >= 4 is 6.09 Å². The second-order valence-corrected chi connectivity index (χ2v) is 2.31. The molecule has 3 nitrogen and oxygen atoms in total. The van der Waals surface area contributed by atoms with Crippen molar-refractivity contribution in [1.82, 2.24) is 4.90 Å². The highest BCUT2D eigenvalue weighted by molar-refractivity contribution is 5.70. The number of hydrogen-bond acceptors (Lipinski definition) is 2. The summed E-state index contributed by atoms with van der Waals surface area (Å²) in [7, 11) is 0. The first-order valence-corrected chi connectivity index (χ1v) is 3.02. The molecule has 0 aliphatic carbocycles. The minimum atomic E-state index is -0.176. The van der Waals surface area contributed by atoms with E-state index in [0.29, 0.717) is 19.2 Å². The second kappa shape index (κ2) is 1.62. The van der Waals surface area contributed by atoms with Crippen LogP contribution in [0.2, 0.25) is 0 Å². The highest BCUT2D eigenvalue weighted by Crippen LogP contribution is 2.22. The molecule has 2 aliphatic rings. The van der Waals surface area contributed by atoms with Gasteiger partial charge >= 0.3 is 6.09 Å². The van der Waals surface area contributed by atoms with E-state index in [0.717, 1.165) is 6.42 Å². The number of ether oxygens (including phenoxy) is 1. The molecule has 2 heterocycles. The highest BCUT2D eigenvalue weighted by atomic mass is 16.6. The molecule has 0 aromatic carbocycles. The fourth-order valence-corrected chi connectivity index (χ4v) is 1.20. The molecule has 2 rings (SSSR count). The van der Waals surface area contributed by atoms with Crippen molar-refractivity contribution in [3.63, 3.8) is 0 Å². The van der Waals surface area contributed by atoms with E-state index in [2.05, 4.69) is 6.42 Å². The van der Waals surface area contributed by atoms with Gasteiger partial charge in [0.2, 0.25) is 0 Å². The van der Waals surface area contributed by atoms with Crippen molar-refractivity contribution in [3.05, 3.63) is 6.42 Å². The van der Waals surface area contributed by atoms with Crippen molar-refractivity contribution < 1.29 is 9.53 Å². The van der Waals surface area contributed by atoms with E-state index in [4.69, 9.17) is 4.74 Å². The zero-order valence-corrected chi connectivity index (χ0v) is 4.96. The molecule has 0 bridgehead atoms. The molecule has 1 amide bonds. The molecular formula is C6H7NO2. The van der Waals surface area contributed by atoms with Crippen LogP contribution in [-0.4, -0.2) is 30.2 Å². The first-order chi connectivity index (χ1) is 4.38. The van der Waals surface area contributed by atoms with E-state index in [9.17, 15) is 4.79 Å². The molecule has 0 aromatic heterocycles. The summed E-state index contributed by atoms with van der Waals surface area (Å²) in [6, 6.07) is 0.303. The Morgan fingerprint density at radius 2 is 2.67 bits per heavy atom. The number of rotatable bonds is 0. The van der Waals surface area contributed by atoms with Gasteiger partial charge in [-0.15, -0.1) is 0 Å². The molecule has 2 saturated heterocycles. The smallest absolute Gasteiger partial charge is 0.410 e. The van der Waals surface area contributed by atoms with Crippen molar-refractivity contribution in [2.45, 2.75) is 12.5 Å². The van der Waals surface area contributed by atoms with Crippen molar-refractivity contribution in [1.29, 1.82) is 0 Å². The Balaban J connectivity index is 2.15. The first-order valence-electron chi connectivity index (χ1n) is 3.02.